The van der Waals surface area contributed by atoms with Crippen molar-refractivity contribution in [2.45, 2.75) is 30.5 Å². The molecule has 1 amide bonds. The van der Waals surface area contributed by atoms with E-state index >= 15 is 0 Å². The summed E-state index contributed by atoms with van der Waals surface area (Å²) in [6.45, 7) is 1.70. The first-order valence-corrected chi connectivity index (χ1v) is 9.10. The van der Waals surface area contributed by atoms with Crippen LogP contribution in [0.25, 0.3) is 0 Å². The van der Waals surface area contributed by atoms with Gasteiger partial charge in [0, 0.05) is 0 Å². The summed E-state index contributed by atoms with van der Waals surface area (Å²) < 4.78 is 60.0. The maximum atomic E-state index is 12.5. The zero-order valence-electron chi connectivity index (χ0n) is 13.7. The van der Waals surface area contributed by atoms with Gasteiger partial charge in [-0.3, -0.25) is 4.79 Å². The molecule has 0 saturated carbocycles. The molecule has 3 N–H and O–H groups in total. The molecule has 0 aliphatic rings. The minimum absolute atomic E-state index is 0.0375. The predicted molar refractivity (Wildman–Crippen MR) is 89.5 cm³/mol. The molecule has 140 valence electrons. The Morgan fingerprint density at radius 1 is 1.08 bits per heavy atom. The lowest BCUT2D eigenvalue weighted by Crippen LogP contribution is -2.28. The maximum Gasteiger partial charge on any atom is 0.416 e. The monoisotopic (exact) mass is 386 g/mol. The number of nitrogens with one attached hydrogen (secondary N) is 1. The molecule has 26 heavy (non-hydrogen) atoms. The Kier molecular flexibility index (Phi) is 5.72. The third kappa shape index (κ3) is 5.30. The summed E-state index contributed by atoms with van der Waals surface area (Å²) in [6.07, 6.45) is -4.49. The molecule has 0 bridgehead atoms. The molecule has 0 radical (unpaired) electrons. The standard InChI is InChI=1S/C17H17F3N2O3S/c1-11(13-4-8-15(9-5-13)26(21,24)25)22-16(23)10-12-2-6-14(7-3-12)17(18,19)20/h2-9,11H,10H2,1H3,(H,22,23)(H2,21,24,25). The van der Waals surface area contributed by atoms with Gasteiger partial charge in [-0.2, -0.15) is 13.2 Å². The van der Waals surface area contributed by atoms with E-state index in [1.165, 1.54) is 36.4 Å². The summed E-state index contributed by atoms with van der Waals surface area (Å²) in [4.78, 5) is 12.0. The van der Waals surface area contributed by atoms with Crippen molar-refractivity contribution in [1.82, 2.24) is 5.32 Å². The van der Waals surface area contributed by atoms with Crippen molar-refractivity contribution in [2.24, 2.45) is 5.14 Å². The summed E-state index contributed by atoms with van der Waals surface area (Å²) in [6, 6.07) is 9.70. The second-order valence-corrected chi connectivity index (χ2v) is 7.34. The van der Waals surface area contributed by atoms with E-state index < -0.39 is 27.8 Å². The number of carbonyl (C=O) groups is 1. The molecular formula is C17H17F3N2O3S. The first-order valence-electron chi connectivity index (χ1n) is 7.55. The number of hydrogen-bond acceptors (Lipinski definition) is 3. The van der Waals surface area contributed by atoms with Gasteiger partial charge in [0.1, 0.15) is 0 Å². The number of nitrogens with two attached hydrogens (primary N) is 1. The quantitative estimate of drug-likeness (QED) is 0.828. The third-order valence-corrected chi connectivity index (χ3v) is 4.66. The van der Waals surface area contributed by atoms with Gasteiger partial charge in [-0.15, -0.1) is 0 Å². The number of alkyl halides is 3. The van der Waals surface area contributed by atoms with E-state index in [2.05, 4.69) is 5.32 Å². The number of amides is 1. The molecule has 0 heterocycles. The fourth-order valence-corrected chi connectivity index (χ4v) is 2.83. The zero-order valence-corrected chi connectivity index (χ0v) is 14.6. The Balaban J connectivity index is 1.99. The predicted octanol–water partition coefficient (Wildman–Crippen LogP) is 2.77. The molecule has 0 fully saturated rings. The van der Waals surface area contributed by atoms with E-state index in [-0.39, 0.29) is 17.2 Å². The van der Waals surface area contributed by atoms with Crippen LogP contribution in [0.15, 0.2) is 53.4 Å². The average Bonchev–Trinajstić information content (AvgIpc) is 2.53. The van der Waals surface area contributed by atoms with E-state index in [4.69, 9.17) is 5.14 Å². The highest BCUT2D eigenvalue weighted by molar-refractivity contribution is 7.89. The minimum atomic E-state index is -4.42. The summed E-state index contributed by atoms with van der Waals surface area (Å²) in [5, 5.41) is 7.72. The zero-order chi connectivity index (χ0) is 19.5. The largest absolute Gasteiger partial charge is 0.416 e. The second kappa shape index (κ2) is 7.46. The fourth-order valence-electron chi connectivity index (χ4n) is 2.32. The summed E-state index contributed by atoms with van der Waals surface area (Å²) in [5.41, 5.74) is 0.343. The van der Waals surface area contributed by atoms with Crippen molar-refractivity contribution in [3.63, 3.8) is 0 Å². The Hall–Kier alpha value is -2.39. The Morgan fingerprint density at radius 3 is 2.08 bits per heavy atom. The number of halogens is 3. The molecule has 0 aromatic heterocycles. The van der Waals surface area contributed by atoms with Crippen LogP contribution < -0.4 is 10.5 Å². The van der Waals surface area contributed by atoms with Crippen molar-refractivity contribution in [3.05, 3.63) is 65.2 Å². The van der Waals surface area contributed by atoms with Crippen molar-refractivity contribution < 1.29 is 26.4 Å². The smallest absolute Gasteiger partial charge is 0.349 e. The van der Waals surface area contributed by atoms with Crippen LogP contribution in [0.5, 0.6) is 0 Å². The number of carbonyl (C=O) groups excluding carboxylic acids is 1. The van der Waals surface area contributed by atoms with E-state index in [1.807, 2.05) is 0 Å². The van der Waals surface area contributed by atoms with Crippen LogP contribution in [0.3, 0.4) is 0 Å². The lowest BCUT2D eigenvalue weighted by molar-refractivity contribution is -0.137. The lowest BCUT2D eigenvalue weighted by atomic mass is 10.1. The van der Waals surface area contributed by atoms with Crippen LogP contribution in [0.4, 0.5) is 13.2 Å². The van der Waals surface area contributed by atoms with Crippen LogP contribution in [-0.4, -0.2) is 14.3 Å². The number of rotatable bonds is 5. The average molecular weight is 386 g/mol. The molecule has 5 nitrogen and oxygen atoms in total. The number of benzene rings is 2. The fraction of sp³-hybridized carbons (Fsp3) is 0.235. The van der Waals surface area contributed by atoms with Crippen LogP contribution in [-0.2, 0) is 27.4 Å². The van der Waals surface area contributed by atoms with Gasteiger partial charge in [-0.05, 0) is 42.3 Å². The van der Waals surface area contributed by atoms with Gasteiger partial charge in [0.2, 0.25) is 15.9 Å². The Labute approximate surface area is 149 Å². The van der Waals surface area contributed by atoms with Gasteiger partial charge in [-0.1, -0.05) is 24.3 Å². The van der Waals surface area contributed by atoms with E-state index in [1.54, 1.807) is 6.92 Å². The summed E-state index contributed by atoms with van der Waals surface area (Å²) >= 11 is 0. The van der Waals surface area contributed by atoms with Crippen molar-refractivity contribution in [1.29, 1.82) is 0 Å². The maximum absolute atomic E-state index is 12.5. The molecule has 9 heteroatoms. The number of primary sulfonamides is 1. The van der Waals surface area contributed by atoms with Crippen molar-refractivity contribution in [2.75, 3.05) is 0 Å². The third-order valence-electron chi connectivity index (χ3n) is 3.73. The topological polar surface area (TPSA) is 89.3 Å². The molecule has 2 aromatic carbocycles. The highest BCUT2D eigenvalue weighted by atomic mass is 32.2. The summed E-state index contributed by atoms with van der Waals surface area (Å²) in [5.74, 6) is -0.368. The van der Waals surface area contributed by atoms with Gasteiger partial charge >= 0.3 is 6.18 Å². The Morgan fingerprint density at radius 2 is 1.62 bits per heavy atom. The minimum Gasteiger partial charge on any atom is -0.349 e. The number of hydrogen-bond donors (Lipinski definition) is 2. The van der Waals surface area contributed by atoms with E-state index in [0.717, 1.165) is 12.1 Å². The van der Waals surface area contributed by atoms with Gasteiger partial charge in [0.05, 0.1) is 22.9 Å². The van der Waals surface area contributed by atoms with Gasteiger partial charge < -0.3 is 5.32 Å². The van der Waals surface area contributed by atoms with Crippen molar-refractivity contribution in [3.8, 4) is 0 Å². The SMILES string of the molecule is CC(NC(=O)Cc1ccc(C(F)(F)F)cc1)c1ccc(S(N)(=O)=O)cc1. The molecule has 2 aromatic rings. The molecule has 1 unspecified atom stereocenters. The second-order valence-electron chi connectivity index (χ2n) is 5.77. The van der Waals surface area contributed by atoms with Crippen LogP contribution in [0.1, 0.15) is 29.7 Å². The van der Waals surface area contributed by atoms with Gasteiger partial charge in [0.15, 0.2) is 0 Å². The Bertz CT molecular complexity index is 877. The van der Waals surface area contributed by atoms with Gasteiger partial charge in [-0.25, -0.2) is 13.6 Å². The van der Waals surface area contributed by atoms with Gasteiger partial charge in [0.25, 0.3) is 0 Å². The molecular weight excluding hydrogens is 369 g/mol. The molecule has 1 atom stereocenters. The first-order chi connectivity index (χ1) is 12.0. The van der Waals surface area contributed by atoms with Crippen LogP contribution in [0.2, 0.25) is 0 Å². The molecule has 0 aliphatic carbocycles. The normalized spacial score (nSPS) is 13.3. The first kappa shape index (κ1) is 19.9. The van der Waals surface area contributed by atoms with E-state index in [9.17, 15) is 26.4 Å². The molecule has 2 rings (SSSR count). The molecule has 0 saturated heterocycles. The lowest BCUT2D eigenvalue weighted by Gasteiger charge is -2.15. The van der Waals surface area contributed by atoms with Crippen LogP contribution >= 0.6 is 0 Å². The number of sulfonamides is 1. The molecule has 0 aliphatic heterocycles. The van der Waals surface area contributed by atoms with E-state index in [0.29, 0.717) is 11.1 Å². The highest BCUT2D eigenvalue weighted by Crippen LogP contribution is 2.29. The highest BCUT2D eigenvalue weighted by Gasteiger charge is 2.30. The molecule has 0 spiro atoms. The van der Waals surface area contributed by atoms with Crippen LogP contribution in [0, 0.1) is 0 Å². The van der Waals surface area contributed by atoms with Crippen molar-refractivity contribution >= 4 is 15.9 Å². The summed E-state index contributed by atoms with van der Waals surface area (Å²) in [7, 11) is -3.79.